The molecule has 0 radical (unpaired) electrons. The quantitative estimate of drug-likeness (QED) is 0.870. The molecule has 0 aromatic heterocycles. The van der Waals surface area contributed by atoms with E-state index in [0.29, 0.717) is 0 Å². The van der Waals surface area contributed by atoms with Gasteiger partial charge in [-0.3, -0.25) is 9.79 Å². The largest absolute Gasteiger partial charge is 0.348 e. The molecule has 1 fully saturated rings. The third kappa shape index (κ3) is 3.59. The standard InChI is InChI=1S/C16H21N3O3S2/c1-3-11-6-4-5-7-12(11)17-15(20)8-23-16-18-13-9-24(21,22)10-14(13)19(16)2/h4-7,13-14H,3,8-10H2,1-2H3,(H,17,20)/t13-,14-/m1/s1. The Balaban J connectivity index is 1.57. The maximum absolute atomic E-state index is 12.2. The van der Waals surface area contributed by atoms with Crippen LogP contribution < -0.4 is 5.32 Å². The molecule has 2 atom stereocenters. The topological polar surface area (TPSA) is 78.8 Å². The molecular formula is C16H21N3O3S2. The fourth-order valence-electron chi connectivity index (χ4n) is 3.08. The van der Waals surface area contributed by atoms with Crippen LogP contribution in [0.3, 0.4) is 0 Å². The van der Waals surface area contributed by atoms with Crippen LogP contribution in [0.25, 0.3) is 0 Å². The number of amides is 1. The number of amidine groups is 1. The van der Waals surface area contributed by atoms with Crippen molar-refractivity contribution in [3.8, 4) is 0 Å². The van der Waals surface area contributed by atoms with Crippen molar-refractivity contribution in [3.63, 3.8) is 0 Å². The van der Waals surface area contributed by atoms with Crippen molar-refractivity contribution in [2.24, 2.45) is 4.99 Å². The Morgan fingerprint density at radius 1 is 1.38 bits per heavy atom. The monoisotopic (exact) mass is 367 g/mol. The summed E-state index contributed by atoms with van der Waals surface area (Å²) in [4.78, 5) is 18.6. The molecule has 0 unspecified atom stereocenters. The van der Waals surface area contributed by atoms with Crippen molar-refractivity contribution < 1.29 is 13.2 Å². The molecule has 0 spiro atoms. The van der Waals surface area contributed by atoms with E-state index in [0.717, 1.165) is 22.8 Å². The van der Waals surface area contributed by atoms with Crippen LogP contribution >= 0.6 is 11.8 Å². The minimum absolute atomic E-state index is 0.0818. The maximum atomic E-state index is 12.2. The molecule has 2 heterocycles. The van der Waals surface area contributed by atoms with Gasteiger partial charge in [0.15, 0.2) is 15.0 Å². The molecule has 0 bridgehead atoms. The van der Waals surface area contributed by atoms with Crippen LogP contribution in [0, 0.1) is 0 Å². The number of aryl methyl sites for hydroxylation is 1. The fraction of sp³-hybridized carbons (Fsp3) is 0.500. The number of likely N-dealkylation sites (N-methyl/N-ethyl adjacent to an activating group) is 1. The number of aliphatic imine (C=N–C) groups is 1. The zero-order chi connectivity index (χ0) is 17.3. The van der Waals surface area contributed by atoms with Crippen LogP contribution in [0.1, 0.15) is 12.5 Å². The molecule has 24 heavy (non-hydrogen) atoms. The first kappa shape index (κ1) is 17.3. The molecular weight excluding hydrogens is 346 g/mol. The summed E-state index contributed by atoms with van der Waals surface area (Å²) in [5, 5.41) is 3.68. The minimum atomic E-state index is -2.98. The van der Waals surface area contributed by atoms with Crippen molar-refractivity contribution in [1.29, 1.82) is 0 Å². The number of anilines is 1. The molecule has 130 valence electrons. The van der Waals surface area contributed by atoms with Gasteiger partial charge in [0.1, 0.15) is 0 Å². The van der Waals surface area contributed by atoms with E-state index in [1.807, 2.05) is 36.2 Å². The molecule has 2 aliphatic rings. The molecule has 3 rings (SSSR count). The number of carbonyl (C=O) groups is 1. The van der Waals surface area contributed by atoms with Crippen molar-refractivity contribution in [3.05, 3.63) is 29.8 Å². The molecule has 1 amide bonds. The number of nitrogens with zero attached hydrogens (tertiary/aromatic N) is 2. The Bertz CT molecular complexity index is 777. The number of nitrogens with one attached hydrogen (secondary N) is 1. The third-order valence-corrected chi connectivity index (χ3v) is 7.13. The van der Waals surface area contributed by atoms with Gasteiger partial charge in [-0.2, -0.15) is 0 Å². The smallest absolute Gasteiger partial charge is 0.234 e. The third-order valence-electron chi connectivity index (χ3n) is 4.37. The van der Waals surface area contributed by atoms with E-state index in [9.17, 15) is 13.2 Å². The summed E-state index contributed by atoms with van der Waals surface area (Å²) in [6, 6.07) is 7.49. The van der Waals surface area contributed by atoms with Crippen LogP contribution in [-0.4, -0.2) is 60.8 Å². The van der Waals surface area contributed by atoms with Crippen molar-refractivity contribution in [2.45, 2.75) is 25.4 Å². The number of carbonyl (C=O) groups excluding carboxylic acids is 1. The van der Waals surface area contributed by atoms with Gasteiger partial charge in [-0.05, 0) is 18.1 Å². The lowest BCUT2D eigenvalue weighted by molar-refractivity contribution is -0.113. The van der Waals surface area contributed by atoms with Gasteiger partial charge in [0.05, 0.1) is 29.3 Å². The normalized spacial score (nSPS) is 24.6. The van der Waals surface area contributed by atoms with Gasteiger partial charge in [0.2, 0.25) is 5.91 Å². The van der Waals surface area contributed by atoms with Gasteiger partial charge in [0, 0.05) is 12.7 Å². The van der Waals surface area contributed by atoms with Gasteiger partial charge in [-0.1, -0.05) is 36.9 Å². The Kier molecular flexibility index (Phi) is 4.87. The maximum Gasteiger partial charge on any atom is 0.234 e. The lowest BCUT2D eigenvalue weighted by Gasteiger charge is -2.20. The molecule has 1 saturated heterocycles. The summed E-state index contributed by atoms with van der Waals surface area (Å²) < 4.78 is 23.3. The lowest BCUT2D eigenvalue weighted by Crippen LogP contribution is -2.35. The number of hydrogen-bond acceptors (Lipinski definition) is 6. The van der Waals surface area contributed by atoms with Crippen LogP contribution in [0.5, 0.6) is 0 Å². The van der Waals surface area contributed by atoms with E-state index < -0.39 is 9.84 Å². The number of sulfone groups is 1. The van der Waals surface area contributed by atoms with Crippen molar-refractivity contribution in [2.75, 3.05) is 29.6 Å². The number of benzene rings is 1. The first-order valence-corrected chi connectivity index (χ1v) is 10.7. The summed E-state index contributed by atoms with van der Waals surface area (Å²) in [5.41, 5.74) is 1.95. The first-order valence-electron chi connectivity index (χ1n) is 7.91. The zero-order valence-electron chi connectivity index (χ0n) is 13.7. The predicted molar refractivity (Wildman–Crippen MR) is 98.3 cm³/mol. The number of rotatable bonds is 4. The Morgan fingerprint density at radius 2 is 2.12 bits per heavy atom. The predicted octanol–water partition coefficient (Wildman–Crippen LogP) is 1.39. The molecule has 6 nitrogen and oxygen atoms in total. The summed E-state index contributed by atoms with van der Waals surface area (Å²) in [5.74, 6) is 0.439. The SMILES string of the molecule is CCc1ccccc1NC(=O)CSC1=N[C@@H]2CS(=O)(=O)C[C@H]2N1C. The van der Waals surface area contributed by atoms with Gasteiger partial charge in [-0.25, -0.2) is 8.42 Å². The lowest BCUT2D eigenvalue weighted by atomic mass is 10.1. The average molecular weight is 367 g/mol. The van der Waals surface area contributed by atoms with Crippen LogP contribution in [0.2, 0.25) is 0 Å². The van der Waals surface area contributed by atoms with E-state index in [4.69, 9.17) is 0 Å². The van der Waals surface area contributed by atoms with E-state index in [-0.39, 0.29) is 35.2 Å². The number of hydrogen-bond donors (Lipinski definition) is 1. The van der Waals surface area contributed by atoms with E-state index in [1.54, 1.807) is 0 Å². The summed E-state index contributed by atoms with van der Waals surface area (Å²) in [6.45, 7) is 2.05. The molecule has 0 aliphatic carbocycles. The van der Waals surface area contributed by atoms with Crippen molar-refractivity contribution >= 4 is 38.4 Å². The zero-order valence-corrected chi connectivity index (χ0v) is 15.4. The second kappa shape index (κ2) is 6.76. The highest BCUT2D eigenvalue weighted by Gasteiger charge is 2.45. The number of fused-ring (bicyclic) bond motifs is 1. The van der Waals surface area contributed by atoms with Gasteiger partial charge in [-0.15, -0.1) is 0 Å². The van der Waals surface area contributed by atoms with E-state index in [2.05, 4.69) is 17.2 Å². The number of para-hydroxylation sites is 1. The van der Waals surface area contributed by atoms with Crippen LogP contribution in [0.15, 0.2) is 29.3 Å². The highest BCUT2D eigenvalue weighted by Crippen LogP contribution is 2.29. The van der Waals surface area contributed by atoms with Crippen molar-refractivity contribution in [1.82, 2.24) is 4.90 Å². The first-order chi connectivity index (χ1) is 11.4. The molecule has 2 aliphatic heterocycles. The highest BCUT2D eigenvalue weighted by atomic mass is 32.2. The van der Waals surface area contributed by atoms with Gasteiger partial charge in [0.25, 0.3) is 0 Å². The molecule has 8 heteroatoms. The summed E-state index contributed by atoms with van der Waals surface area (Å²) >= 11 is 1.36. The Hall–Kier alpha value is -1.54. The van der Waals surface area contributed by atoms with E-state index in [1.165, 1.54) is 11.8 Å². The summed E-state index contributed by atoms with van der Waals surface area (Å²) in [7, 11) is -1.13. The minimum Gasteiger partial charge on any atom is -0.348 e. The Morgan fingerprint density at radius 3 is 2.83 bits per heavy atom. The van der Waals surface area contributed by atoms with Crippen LogP contribution in [0.4, 0.5) is 5.69 Å². The number of thioether (sulfide) groups is 1. The van der Waals surface area contributed by atoms with Crippen LogP contribution in [-0.2, 0) is 21.1 Å². The fourth-order valence-corrected chi connectivity index (χ4v) is 5.89. The van der Waals surface area contributed by atoms with Gasteiger partial charge >= 0.3 is 0 Å². The molecule has 1 N–H and O–H groups in total. The highest BCUT2D eigenvalue weighted by molar-refractivity contribution is 8.14. The van der Waals surface area contributed by atoms with E-state index >= 15 is 0 Å². The second-order valence-electron chi connectivity index (χ2n) is 6.08. The Labute approximate surface area is 146 Å². The molecule has 1 aromatic carbocycles. The molecule has 1 aromatic rings. The summed E-state index contributed by atoms with van der Waals surface area (Å²) in [6.07, 6.45) is 0.858. The van der Waals surface area contributed by atoms with Gasteiger partial charge < -0.3 is 10.2 Å². The molecule has 0 saturated carbocycles. The average Bonchev–Trinajstić information content (AvgIpc) is 2.99. The second-order valence-corrected chi connectivity index (χ2v) is 9.18.